The van der Waals surface area contributed by atoms with Crippen molar-refractivity contribution in [1.82, 2.24) is 9.71 Å². The Morgan fingerprint density at radius 3 is 3.00 bits per heavy atom. The fourth-order valence-corrected chi connectivity index (χ4v) is 3.25. The number of benzene rings is 1. The van der Waals surface area contributed by atoms with Crippen molar-refractivity contribution < 1.29 is 8.42 Å². The third-order valence-corrected chi connectivity index (χ3v) is 4.69. The minimum atomic E-state index is -3.50. The molecule has 0 saturated heterocycles. The zero-order chi connectivity index (χ0) is 14.0. The average Bonchev–Trinajstić information content (AvgIpc) is 2.94. The summed E-state index contributed by atoms with van der Waals surface area (Å²) in [6, 6.07) is 8.82. The van der Waals surface area contributed by atoms with Gasteiger partial charge in [-0.2, -0.15) is 0 Å². The summed E-state index contributed by atoms with van der Waals surface area (Å²) in [4.78, 5) is 4.25. The maximum absolute atomic E-state index is 12.2. The van der Waals surface area contributed by atoms with Gasteiger partial charge in [0.05, 0.1) is 4.90 Å². The molecule has 1 aromatic heterocycles. The molecule has 104 valence electrons. The SMILES string of the molecule is O=S(=O)(NCc1cccnc1)c1ccc2c(c1)NCC2. The Kier molecular flexibility index (Phi) is 3.42. The van der Waals surface area contributed by atoms with Crippen molar-refractivity contribution in [1.29, 1.82) is 0 Å². The molecule has 1 aliphatic heterocycles. The summed E-state index contributed by atoms with van der Waals surface area (Å²) < 4.78 is 27.1. The van der Waals surface area contributed by atoms with Crippen LogP contribution in [0.2, 0.25) is 0 Å². The molecule has 0 amide bonds. The van der Waals surface area contributed by atoms with E-state index in [9.17, 15) is 8.42 Å². The van der Waals surface area contributed by atoms with Crippen LogP contribution in [0.3, 0.4) is 0 Å². The highest BCUT2D eigenvalue weighted by Gasteiger charge is 2.17. The van der Waals surface area contributed by atoms with Crippen molar-refractivity contribution in [3.63, 3.8) is 0 Å². The van der Waals surface area contributed by atoms with Crippen molar-refractivity contribution in [2.45, 2.75) is 17.9 Å². The minimum Gasteiger partial charge on any atom is -0.384 e. The largest absolute Gasteiger partial charge is 0.384 e. The van der Waals surface area contributed by atoms with Crippen molar-refractivity contribution in [3.05, 3.63) is 53.9 Å². The fourth-order valence-electron chi connectivity index (χ4n) is 2.20. The van der Waals surface area contributed by atoms with Gasteiger partial charge in [0.15, 0.2) is 0 Å². The second-order valence-corrected chi connectivity index (χ2v) is 6.45. The zero-order valence-electron chi connectivity index (χ0n) is 10.8. The number of fused-ring (bicyclic) bond motifs is 1. The number of sulfonamides is 1. The first-order valence-electron chi connectivity index (χ1n) is 6.40. The van der Waals surface area contributed by atoms with E-state index in [-0.39, 0.29) is 11.4 Å². The second-order valence-electron chi connectivity index (χ2n) is 4.68. The standard InChI is InChI=1S/C14H15N3O2S/c18-20(19,17-10-11-2-1-6-15-9-11)13-4-3-12-5-7-16-14(12)8-13/h1-4,6,8-9,16-17H,5,7,10H2. The predicted molar refractivity (Wildman–Crippen MR) is 76.9 cm³/mol. The van der Waals surface area contributed by atoms with Gasteiger partial charge < -0.3 is 5.32 Å². The molecule has 2 aromatic rings. The molecule has 0 fully saturated rings. The van der Waals surface area contributed by atoms with Crippen LogP contribution in [0.4, 0.5) is 5.69 Å². The lowest BCUT2D eigenvalue weighted by molar-refractivity contribution is 0.581. The lowest BCUT2D eigenvalue weighted by Crippen LogP contribution is -2.23. The van der Waals surface area contributed by atoms with E-state index in [1.807, 2.05) is 12.1 Å². The summed E-state index contributed by atoms with van der Waals surface area (Å²) in [5.74, 6) is 0. The molecule has 2 heterocycles. The van der Waals surface area contributed by atoms with Gasteiger partial charge >= 0.3 is 0 Å². The molecule has 0 radical (unpaired) electrons. The molecule has 0 atom stereocenters. The first-order valence-corrected chi connectivity index (χ1v) is 7.89. The highest BCUT2D eigenvalue weighted by molar-refractivity contribution is 7.89. The van der Waals surface area contributed by atoms with E-state index in [1.54, 1.807) is 30.6 Å². The van der Waals surface area contributed by atoms with Crippen molar-refractivity contribution in [2.75, 3.05) is 11.9 Å². The predicted octanol–water partition coefficient (Wildman–Crippen LogP) is 1.53. The van der Waals surface area contributed by atoms with Crippen LogP contribution in [-0.2, 0) is 23.0 Å². The molecule has 20 heavy (non-hydrogen) atoms. The number of nitrogens with one attached hydrogen (secondary N) is 2. The summed E-state index contributed by atoms with van der Waals surface area (Å²) >= 11 is 0. The number of aromatic nitrogens is 1. The molecule has 0 bridgehead atoms. The fraction of sp³-hybridized carbons (Fsp3) is 0.214. The number of nitrogens with zero attached hydrogens (tertiary/aromatic N) is 1. The number of hydrogen-bond donors (Lipinski definition) is 2. The summed E-state index contributed by atoms with van der Waals surface area (Å²) in [6.07, 6.45) is 4.25. The van der Waals surface area contributed by atoms with Crippen LogP contribution in [0.5, 0.6) is 0 Å². The third-order valence-electron chi connectivity index (χ3n) is 3.29. The molecular formula is C14H15N3O2S. The van der Waals surface area contributed by atoms with Gasteiger partial charge in [0, 0.05) is 31.2 Å². The molecule has 6 heteroatoms. The van der Waals surface area contributed by atoms with E-state index in [0.717, 1.165) is 29.8 Å². The van der Waals surface area contributed by atoms with Crippen LogP contribution in [0.1, 0.15) is 11.1 Å². The normalized spacial score (nSPS) is 13.8. The van der Waals surface area contributed by atoms with Crippen LogP contribution in [0.15, 0.2) is 47.6 Å². The van der Waals surface area contributed by atoms with Crippen molar-refractivity contribution >= 4 is 15.7 Å². The summed E-state index contributed by atoms with van der Waals surface area (Å²) in [5, 5.41) is 3.18. The smallest absolute Gasteiger partial charge is 0.240 e. The Morgan fingerprint density at radius 2 is 2.20 bits per heavy atom. The van der Waals surface area contributed by atoms with E-state index < -0.39 is 10.0 Å². The van der Waals surface area contributed by atoms with E-state index in [0.29, 0.717) is 0 Å². The highest BCUT2D eigenvalue weighted by atomic mass is 32.2. The van der Waals surface area contributed by atoms with Crippen molar-refractivity contribution in [2.24, 2.45) is 0 Å². The quantitative estimate of drug-likeness (QED) is 0.895. The van der Waals surface area contributed by atoms with Gasteiger partial charge in [-0.25, -0.2) is 13.1 Å². The molecule has 1 aromatic carbocycles. The van der Waals surface area contributed by atoms with E-state index >= 15 is 0 Å². The molecule has 0 aliphatic carbocycles. The van der Waals surface area contributed by atoms with Crippen LogP contribution >= 0.6 is 0 Å². The molecule has 3 rings (SSSR count). The minimum absolute atomic E-state index is 0.237. The van der Waals surface area contributed by atoms with Gasteiger partial charge in [-0.05, 0) is 35.7 Å². The van der Waals surface area contributed by atoms with E-state index in [4.69, 9.17) is 0 Å². The number of rotatable bonds is 4. The van der Waals surface area contributed by atoms with Gasteiger partial charge in [-0.1, -0.05) is 12.1 Å². The lowest BCUT2D eigenvalue weighted by atomic mass is 10.2. The maximum Gasteiger partial charge on any atom is 0.240 e. The van der Waals surface area contributed by atoms with Gasteiger partial charge in [0.2, 0.25) is 10.0 Å². The lowest BCUT2D eigenvalue weighted by Gasteiger charge is -2.08. The Balaban J connectivity index is 1.78. The van der Waals surface area contributed by atoms with Crippen LogP contribution in [0.25, 0.3) is 0 Å². The monoisotopic (exact) mass is 289 g/mol. The van der Waals surface area contributed by atoms with Crippen molar-refractivity contribution in [3.8, 4) is 0 Å². The maximum atomic E-state index is 12.2. The van der Waals surface area contributed by atoms with Crippen LogP contribution < -0.4 is 10.0 Å². The molecule has 5 nitrogen and oxygen atoms in total. The third kappa shape index (κ3) is 2.66. The van der Waals surface area contributed by atoms with Gasteiger partial charge in [0.1, 0.15) is 0 Å². The average molecular weight is 289 g/mol. The zero-order valence-corrected chi connectivity index (χ0v) is 11.7. The molecular weight excluding hydrogens is 274 g/mol. The second kappa shape index (κ2) is 5.22. The molecule has 0 spiro atoms. The van der Waals surface area contributed by atoms with E-state index in [1.165, 1.54) is 0 Å². The van der Waals surface area contributed by atoms with Gasteiger partial charge in [0.25, 0.3) is 0 Å². The Hall–Kier alpha value is -1.92. The van der Waals surface area contributed by atoms with E-state index in [2.05, 4.69) is 15.0 Å². The topological polar surface area (TPSA) is 71.1 Å². The molecule has 0 unspecified atom stereocenters. The summed E-state index contributed by atoms with van der Waals surface area (Å²) in [5.41, 5.74) is 2.90. The molecule has 0 saturated carbocycles. The summed E-state index contributed by atoms with van der Waals surface area (Å²) in [7, 11) is -3.50. The number of pyridine rings is 1. The molecule has 2 N–H and O–H groups in total. The first kappa shape index (κ1) is 13.1. The van der Waals surface area contributed by atoms with Crippen LogP contribution in [-0.4, -0.2) is 19.9 Å². The first-order chi connectivity index (χ1) is 9.65. The number of hydrogen-bond acceptors (Lipinski definition) is 4. The van der Waals surface area contributed by atoms with Crippen LogP contribution in [0, 0.1) is 0 Å². The Labute approximate surface area is 118 Å². The summed E-state index contributed by atoms with van der Waals surface area (Å²) in [6.45, 7) is 1.10. The highest BCUT2D eigenvalue weighted by Crippen LogP contribution is 2.25. The molecule has 1 aliphatic rings. The Morgan fingerprint density at radius 1 is 1.30 bits per heavy atom. The Bertz CT molecular complexity index is 714. The number of anilines is 1. The van der Waals surface area contributed by atoms with Gasteiger partial charge in [-0.3, -0.25) is 4.98 Å². The van der Waals surface area contributed by atoms with Gasteiger partial charge in [-0.15, -0.1) is 0 Å².